The van der Waals surface area contributed by atoms with Crippen LogP contribution in [0.15, 0.2) is 12.1 Å². The molecule has 1 aliphatic heterocycles. The Kier molecular flexibility index (Phi) is 4.02. The summed E-state index contributed by atoms with van der Waals surface area (Å²) in [6, 6.07) is 4.08. The molecule has 1 aromatic carbocycles. The number of carbonyl (C=O) groups excluding carboxylic acids is 1. The van der Waals surface area contributed by atoms with Crippen LogP contribution in [0.1, 0.15) is 33.5 Å². The van der Waals surface area contributed by atoms with Crippen LogP contribution in [0.3, 0.4) is 0 Å². The SMILES string of the molecule is Cc1cc(C)c(C(=O)NCC2CCNC2)cc1C. The number of aryl methyl sites for hydroxylation is 3. The van der Waals surface area contributed by atoms with E-state index in [-0.39, 0.29) is 5.91 Å². The predicted octanol–water partition coefficient (Wildman–Crippen LogP) is 1.95. The Morgan fingerprint density at radius 1 is 1.28 bits per heavy atom. The van der Waals surface area contributed by atoms with Crippen LogP contribution in [-0.2, 0) is 0 Å². The van der Waals surface area contributed by atoms with Crippen LogP contribution in [0.25, 0.3) is 0 Å². The van der Waals surface area contributed by atoms with Crippen molar-refractivity contribution in [2.45, 2.75) is 27.2 Å². The zero-order valence-electron chi connectivity index (χ0n) is 11.5. The van der Waals surface area contributed by atoms with Crippen molar-refractivity contribution in [1.82, 2.24) is 10.6 Å². The van der Waals surface area contributed by atoms with Gasteiger partial charge in [-0.15, -0.1) is 0 Å². The first-order valence-corrected chi connectivity index (χ1v) is 6.64. The van der Waals surface area contributed by atoms with Gasteiger partial charge in [-0.25, -0.2) is 0 Å². The van der Waals surface area contributed by atoms with Crippen LogP contribution < -0.4 is 10.6 Å². The molecular formula is C15H22N2O. The lowest BCUT2D eigenvalue weighted by Gasteiger charge is -2.13. The van der Waals surface area contributed by atoms with Crippen LogP contribution in [0.5, 0.6) is 0 Å². The molecule has 0 saturated carbocycles. The first-order valence-electron chi connectivity index (χ1n) is 6.64. The van der Waals surface area contributed by atoms with Crippen molar-refractivity contribution >= 4 is 5.91 Å². The molecule has 0 aliphatic carbocycles. The van der Waals surface area contributed by atoms with Gasteiger partial charge in [0, 0.05) is 12.1 Å². The van der Waals surface area contributed by atoms with Gasteiger partial charge in [0.2, 0.25) is 0 Å². The quantitative estimate of drug-likeness (QED) is 0.856. The van der Waals surface area contributed by atoms with Crippen molar-refractivity contribution in [3.8, 4) is 0 Å². The van der Waals surface area contributed by atoms with E-state index < -0.39 is 0 Å². The van der Waals surface area contributed by atoms with E-state index in [2.05, 4.69) is 23.6 Å². The molecule has 98 valence electrons. The molecule has 2 N–H and O–H groups in total. The van der Waals surface area contributed by atoms with Crippen LogP contribution in [-0.4, -0.2) is 25.5 Å². The summed E-state index contributed by atoms with van der Waals surface area (Å²) in [5, 5.41) is 6.36. The summed E-state index contributed by atoms with van der Waals surface area (Å²) in [7, 11) is 0. The molecule has 1 heterocycles. The van der Waals surface area contributed by atoms with Gasteiger partial charge in [-0.1, -0.05) is 6.07 Å². The van der Waals surface area contributed by atoms with Gasteiger partial charge in [0.25, 0.3) is 5.91 Å². The van der Waals surface area contributed by atoms with E-state index in [0.29, 0.717) is 5.92 Å². The Balaban J connectivity index is 2.01. The summed E-state index contributed by atoms with van der Waals surface area (Å²) in [4.78, 5) is 12.2. The normalized spacial score (nSPS) is 18.9. The third-order valence-electron chi connectivity index (χ3n) is 3.80. The highest BCUT2D eigenvalue weighted by molar-refractivity contribution is 5.95. The summed E-state index contributed by atoms with van der Waals surface area (Å²) in [5.41, 5.74) is 4.28. The Morgan fingerprint density at radius 3 is 2.67 bits per heavy atom. The Bertz CT molecular complexity index is 448. The molecule has 1 fully saturated rings. The lowest BCUT2D eigenvalue weighted by atomic mass is 10.00. The maximum absolute atomic E-state index is 12.2. The zero-order chi connectivity index (χ0) is 13.1. The number of hydrogen-bond acceptors (Lipinski definition) is 2. The molecule has 18 heavy (non-hydrogen) atoms. The highest BCUT2D eigenvalue weighted by Gasteiger charge is 2.16. The number of rotatable bonds is 3. The van der Waals surface area contributed by atoms with Crippen LogP contribution in [0, 0.1) is 26.7 Å². The van der Waals surface area contributed by atoms with E-state index in [4.69, 9.17) is 0 Å². The fourth-order valence-electron chi connectivity index (χ4n) is 2.43. The Hall–Kier alpha value is -1.35. The standard InChI is InChI=1S/C15H22N2O/c1-10-6-12(3)14(7-11(10)2)15(18)17-9-13-4-5-16-8-13/h6-7,13,16H,4-5,8-9H2,1-3H3,(H,17,18). The average Bonchev–Trinajstić information content (AvgIpc) is 2.84. The van der Waals surface area contributed by atoms with Crippen molar-refractivity contribution in [3.63, 3.8) is 0 Å². The molecule has 0 radical (unpaired) electrons. The molecule has 2 rings (SSSR count). The van der Waals surface area contributed by atoms with E-state index >= 15 is 0 Å². The third kappa shape index (κ3) is 2.91. The fraction of sp³-hybridized carbons (Fsp3) is 0.533. The van der Waals surface area contributed by atoms with Gasteiger partial charge >= 0.3 is 0 Å². The summed E-state index contributed by atoms with van der Waals surface area (Å²) >= 11 is 0. The largest absolute Gasteiger partial charge is 0.352 e. The van der Waals surface area contributed by atoms with Gasteiger partial charge in [-0.3, -0.25) is 4.79 Å². The number of benzene rings is 1. The van der Waals surface area contributed by atoms with E-state index in [1.165, 1.54) is 11.1 Å². The lowest BCUT2D eigenvalue weighted by molar-refractivity contribution is 0.0947. The molecule has 0 aromatic heterocycles. The molecule has 0 bridgehead atoms. The number of amides is 1. The van der Waals surface area contributed by atoms with Crippen LogP contribution in [0.2, 0.25) is 0 Å². The molecule has 1 saturated heterocycles. The minimum Gasteiger partial charge on any atom is -0.352 e. The molecule has 3 heteroatoms. The summed E-state index contributed by atoms with van der Waals surface area (Å²) in [6.45, 7) is 8.99. The summed E-state index contributed by atoms with van der Waals surface area (Å²) in [5.74, 6) is 0.642. The number of hydrogen-bond donors (Lipinski definition) is 2. The topological polar surface area (TPSA) is 41.1 Å². The highest BCUT2D eigenvalue weighted by atomic mass is 16.1. The highest BCUT2D eigenvalue weighted by Crippen LogP contribution is 2.15. The minimum atomic E-state index is 0.0579. The average molecular weight is 246 g/mol. The summed E-state index contributed by atoms with van der Waals surface area (Å²) in [6.07, 6.45) is 1.16. The molecule has 1 atom stereocenters. The second-order valence-corrected chi connectivity index (χ2v) is 5.32. The van der Waals surface area contributed by atoms with Crippen molar-refractivity contribution in [3.05, 3.63) is 34.4 Å². The molecule has 1 amide bonds. The van der Waals surface area contributed by atoms with Gasteiger partial charge in [0.1, 0.15) is 0 Å². The zero-order valence-corrected chi connectivity index (χ0v) is 11.5. The molecule has 1 unspecified atom stereocenters. The molecule has 0 spiro atoms. The maximum atomic E-state index is 12.2. The second kappa shape index (κ2) is 5.53. The molecule has 3 nitrogen and oxygen atoms in total. The first kappa shape index (κ1) is 13.1. The van der Waals surface area contributed by atoms with Crippen molar-refractivity contribution in [2.75, 3.05) is 19.6 Å². The first-order chi connectivity index (χ1) is 8.58. The number of nitrogens with one attached hydrogen (secondary N) is 2. The fourth-order valence-corrected chi connectivity index (χ4v) is 2.43. The molecular weight excluding hydrogens is 224 g/mol. The predicted molar refractivity (Wildman–Crippen MR) is 74.0 cm³/mol. The van der Waals surface area contributed by atoms with E-state index in [1.807, 2.05) is 19.9 Å². The van der Waals surface area contributed by atoms with Crippen LogP contribution in [0.4, 0.5) is 0 Å². The van der Waals surface area contributed by atoms with Gasteiger partial charge < -0.3 is 10.6 Å². The minimum absolute atomic E-state index is 0.0579. The van der Waals surface area contributed by atoms with Crippen molar-refractivity contribution < 1.29 is 4.79 Å². The third-order valence-corrected chi connectivity index (χ3v) is 3.80. The summed E-state index contributed by atoms with van der Waals surface area (Å²) < 4.78 is 0. The van der Waals surface area contributed by atoms with E-state index in [0.717, 1.165) is 37.2 Å². The molecule has 1 aromatic rings. The van der Waals surface area contributed by atoms with Gasteiger partial charge in [-0.05, 0) is 69.0 Å². The van der Waals surface area contributed by atoms with Crippen molar-refractivity contribution in [2.24, 2.45) is 5.92 Å². The smallest absolute Gasteiger partial charge is 0.251 e. The van der Waals surface area contributed by atoms with Gasteiger partial charge in [0.05, 0.1) is 0 Å². The van der Waals surface area contributed by atoms with E-state index in [1.54, 1.807) is 0 Å². The molecule has 1 aliphatic rings. The van der Waals surface area contributed by atoms with E-state index in [9.17, 15) is 4.79 Å². The number of carbonyl (C=O) groups is 1. The van der Waals surface area contributed by atoms with Crippen molar-refractivity contribution in [1.29, 1.82) is 0 Å². The Labute approximate surface area is 109 Å². The lowest BCUT2D eigenvalue weighted by Crippen LogP contribution is -2.30. The van der Waals surface area contributed by atoms with Gasteiger partial charge in [-0.2, -0.15) is 0 Å². The van der Waals surface area contributed by atoms with Gasteiger partial charge in [0.15, 0.2) is 0 Å². The Morgan fingerprint density at radius 2 is 2.00 bits per heavy atom. The van der Waals surface area contributed by atoms with Crippen LogP contribution >= 0.6 is 0 Å². The maximum Gasteiger partial charge on any atom is 0.251 e. The monoisotopic (exact) mass is 246 g/mol. The second-order valence-electron chi connectivity index (χ2n) is 5.32.